The molecule has 0 amide bonds. The zero-order chi connectivity index (χ0) is 10.2. The molecular formula is C11H20N2S. The fraction of sp³-hybridized carbons (Fsp3) is 0.909. The summed E-state index contributed by atoms with van der Waals surface area (Å²) in [6.07, 6.45) is 6.35. The minimum Gasteiger partial charge on any atom is -0.393 e. The normalized spacial score (nSPS) is 30.5. The van der Waals surface area contributed by atoms with Gasteiger partial charge in [0.25, 0.3) is 0 Å². The van der Waals surface area contributed by atoms with Crippen molar-refractivity contribution < 1.29 is 0 Å². The molecule has 80 valence electrons. The van der Waals surface area contributed by atoms with Gasteiger partial charge in [0.1, 0.15) is 0 Å². The molecule has 1 heterocycles. The van der Waals surface area contributed by atoms with Gasteiger partial charge >= 0.3 is 0 Å². The molecule has 0 aromatic heterocycles. The smallest absolute Gasteiger partial charge is 0.0733 e. The Morgan fingerprint density at radius 2 is 2.29 bits per heavy atom. The van der Waals surface area contributed by atoms with Crippen molar-refractivity contribution in [3.8, 4) is 0 Å². The summed E-state index contributed by atoms with van der Waals surface area (Å²) in [5.41, 5.74) is 6.12. The van der Waals surface area contributed by atoms with Gasteiger partial charge in [0.2, 0.25) is 0 Å². The van der Waals surface area contributed by atoms with E-state index in [2.05, 4.69) is 11.8 Å². The molecule has 2 N–H and O–H groups in total. The van der Waals surface area contributed by atoms with Crippen molar-refractivity contribution in [3.05, 3.63) is 0 Å². The number of nitrogens with zero attached hydrogens (tertiary/aromatic N) is 1. The summed E-state index contributed by atoms with van der Waals surface area (Å²) in [5.74, 6) is 0. The Balaban J connectivity index is 1.87. The van der Waals surface area contributed by atoms with Gasteiger partial charge in [0.15, 0.2) is 0 Å². The Morgan fingerprint density at radius 3 is 2.71 bits per heavy atom. The number of hydrogen-bond donors (Lipinski definition) is 1. The monoisotopic (exact) mass is 212 g/mol. The molecule has 0 radical (unpaired) electrons. The third-order valence-corrected chi connectivity index (χ3v) is 3.88. The van der Waals surface area contributed by atoms with Crippen molar-refractivity contribution in [1.29, 1.82) is 0 Å². The van der Waals surface area contributed by atoms with E-state index in [0.29, 0.717) is 10.4 Å². The van der Waals surface area contributed by atoms with Crippen molar-refractivity contribution in [3.63, 3.8) is 0 Å². The van der Waals surface area contributed by atoms with E-state index in [1.807, 2.05) is 0 Å². The molecule has 1 aliphatic heterocycles. The predicted molar refractivity (Wildman–Crippen MR) is 63.3 cm³/mol. The Kier molecular flexibility index (Phi) is 2.80. The molecule has 2 rings (SSSR count). The largest absolute Gasteiger partial charge is 0.393 e. The third kappa shape index (κ3) is 2.26. The molecule has 2 fully saturated rings. The van der Waals surface area contributed by atoms with Gasteiger partial charge in [0, 0.05) is 19.0 Å². The van der Waals surface area contributed by atoms with E-state index >= 15 is 0 Å². The van der Waals surface area contributed by atoms with E-state index in [0.717, 1.165) is 12.5 Å². The second kappa shape index (κ2) is 3.78. The average Bonchev–Trinajstić information content (AvgIpc) is 2.70. The molecular weight excluding hydrogens is 192 g/mol. The van der Waals surface area contributed by atoms with Gasteiger partial charge in [-0.15, -0.1) is 0 Å². The van der Waals surface area contributed by atoms with E-state index < -0.39 is 0 Å². The van der Waals surface area contributed by atoms with Crippen LogP contribution in [0.15, 0.2) is 0 Å². The molecule has 1 aliphatic carbocycles. The van der Waals surface area contributed by atoms with Gasteiger partial charge < -0.3 is 10.6 Å². The topological polar surface area (TPSA) is 29.3 Å². The Hall–Kier alpha value is -0.150. The molecule has 2 aliphatic rings. The van der Waals surface area contributed by atoms with Crippen molar-refractivity contribution >= 4 is 17.2 Å². The minimum absolute atomic E-state index is 0.477. The lowest BCUT2D eigenvalue weighted by Gasteiger charge is -2.26. The molecule has 0 aromatic carbocycles. The first-order valence-corrected chi connectivity index (χ1v) is 6.05. The molecule has 14 heavy (non-hydrogen) atoms. The summed E-state index contributed by atoms with van der Waals surface area (Å²) in [6.45, 7) is 4.84. The second-order valence-corrected chi connectivity index (χ2v) is 5.63. The highest BCUT2D eigenvalue weighted by molar-refractivity contribution is 7.80. The lowest BCUT2D eigenvalue weighted by Crippen LogP contribution is -2.34. The lowest BCUT2D eigenvalue weighted by molar-refractivity contribution is 0.217. The maximum Gasteiger partial charge on any atom is 0.0733 e. The van der Waals surface area contributed by atoms with Gasteiger partial charge in [-0.3, -0.25) is 0 Å². The minimum atomic E-state index is 0.477. The fourth-order valence-corrected chi connectivity index (χ4v) is 2.90. The quantitative estimate of drug-likeness (QED) is 0.722. The fourth-order valence-electron chi connectivity index (χ4n) is 2.60. The first kappa shape index (κ1) is 10.4. The van der Waals surface area contributed by atoms with Gasteiger partial charge in [-0.05, 0) is 44.6 Å². The zero-order valence-electron chi connectivity index (χ0n) is 8.96. The Labute approximate surface area is 91.8 Å². The molecule has 0 spiro atoms. The number of nitrogens with two attached hydrogens (primary N) is 1. The van der Waals surface area contributed by atoms with Crippen molar-refractivity contribution in [2.24, 2.45) is 11.1 Å². The maximum absolute atomic E-state index is 5.64. The van der Waals surface area contributed by atoms with Crippen LogP contribution < -0.4 is 5.73 Å². The molecule has 0 bridgehead atoms. The molecule has 1 atom stereocenters. The predicted octanol–water partition coefficient (Wildman–Crippen LogP) is 1.93. The van der Waals surface area contributed by atoms with E-state index in [1.165, 1.54) is 38.8 Å². The van der Waals surface area contributed by atoms with Crippen LogP contribution in [0, 0.1) is 5.41 Å². The van der Waals surface area contributed by atoms with Gasteiger partial charge in [-0.1, -0.05) is 12.2 Å². The first-order chi connectivity index (χ1) is 6.61. The van der Waals surface area contributed by atoms with Gasteiger partial charge in [-0.25, -0.2) is 0 Å². The number of likely N-dealkylation sites (tertiary alicyclic amines) is 1. The Morgan fingerprint density at radius 1 is 1.57 bits per heavy atom. The van der Waals surface area contributed by atoms with Crippen LogP contribution in [0.5, 0.6) is 0 Å². The lowest BCUT2D eigenvalue weighted by atomic mass is 10.0. The summed E-state index contributed by atoms with van der Waals surface area (Å²) in [5, 5.41) is 0. The van der Waals surface area contributed by atoms with Gasteiger partial charge in [0.05, 0.1) is 4.99 Å². The summed E-state index contributed by atoms with van der Waals surface area (Å²) in [4.78, 5) is 3.32. The highest BCUT2D eigenvalue weighted by Crippen LogP contribution is 2.50. The van der Waals surface area contributed by atoms with Crippen LogP contribution in [-0.4, -0.2) is 29.0 Å². The van der Waals surface area contributed by atoms with Crippen LogP contribution in [-0.2, 0) is 0 Å². The van der Waals surface area contributed by atoms with Gasteiger partial charge in [-0.2, -0.15) is 0 Å². The summed E-state index contributed by atoms with van der Waals surface area (Å²) in [6, 6.07) is 0.777. The molecule has 1 saturated carbocycles. The van der Waals surface area contributed by atoms with Crippen LogP contribution in [0.3, 0.4) is 0 Å². The number of hydrogen-bond acceptors (Lipinski definition) is 2. The van der Waals surface area contributed by atoms with Crippen molar-refractivity contribution in [2.75, 3.05) is 13.1 Å². The van der Waals surface area contributed by atoms with E-state index in [4.69, 9.17) is 18.0 Å². The highest BCUT2D eigenvalue weighted by Gasteiger charge is 2.45. The molecule has 0 aromatic rings. The first-order valence-electron chi connectivity index (χ1n) is 5.64. The van der Waals surface area contributed by atoms with E-state index in [1.54, 1.807) is 0 Å². The highest BCUT2D eigenvalue weighted by atomic mass is 32.1. The van der Waals surface area contributed by atoms with E-state index in [-0.39, 0.29) is 0 Å². The SMILES string of the molecule is CC1CCCN1CC1(CC(N)=S)CC1. The molecule has 1 unspecified atom stereocenters. The second-order valence-electron chi connectivity index (χ2n) is 5.10. The van der Waals surface area contributed by atoms with Crippen LogP contribution in [0.2, 0.25) is 0 Å². The van der Waals surface area contributed by atoms with Crippen LogP contribution in [0.4, 0.5) is 0 Å². The molecule has 1 saturated heterocycles. The number of rotatable bonds is 4. The van der Waals surface area contributed by atoms with Crippen LogP contribution in [0.25, 0.3) is 0 Å². The van der Waals surface area contributed by atoms with Crippen molar-refractivity contribution in [1.82, 2.24) is 4.90 Å². The summed E-state index contributed by atoms with van der Waals surface area (Å²) < 4.78 is 0. The summed E-state index contributed by atoms with van der Waals surface area (Å²) >= 11 is 5.01. The van der Waals surface area contributed by atoms with Crippen LogP contribution in [0.1, 0.15) is 39.0 Å². The average molecular weight is 212 g/mol. The maximum atomic E-state index is 5.64. The summed E-state index contributed by atoms with van der Waals surface area (Å²) in [7, 11) is 0. The van der Waals surface area contributed by atoms with Crippen LogP contribution >= 0.6 is 12.2 Å². The number of thiocarbonyl (C=S) groups is 1. The van der Waals surface area contributed by atoms with Crippen molar-refractivity contribution in [2.45, 2.75) is 45.1 Å². The Bertz CT molecular complexity index is 235. The van der Waals surface area contributed by atoms with E-state index in [9.17, 15) is 0 Å². The zero-order valence-corrected chi connectivity index (χ0v) is 9.78. The molecule has 3 heteroatoms. The molecule has 2 nitrogen and oxygen atoms in total. The third-order valence-electron chi connectivity index (χ3n) is 3.74. The standard InChI is InChI=1S/C11H20N2S/c1-9-3-2-6-13(9)8-11(4-5-11)7-10(12)14/h9H,2-8H2,1H3,(H2,12,14).